The first-order valence-corrected chi connectivity index (χ1v) is 10.7. The minimum atomic E-state index is -0.380. The van der Waals surface area contributed by atoms with Gasteiger partial charge in [0.1, 0.15) is 0 Å². The van der Waals surface area contributed by atoms with Crippen LogP contribution in [0.15, 0.2) is 48.5 Å². The van der Waals surface area contributed by atoms with Gasteiger partial charge in [-0.15, -0.1) is 0 Å². The predicted octanol–water partition coefficient (Wildman–Crippen LogP) is 4.01. The second kappa shape index (κ2) is 8.36. The van der Waals surface area contributed by atoms with E-state index in [4.69, 9.17) is 10.5 Å². The number of ether oxygens (including phenoxy) is 1. The molecule has 3 nitrogen and oxygen atoms in total. The Balaban J connectivity index is 1.44. The molecule has 28 heavy (non-hydrogen) atoms. The van der Waals surface area contributed by atoms with Crippen LogP contribution in [0.25, 0.3) is 0 Å². The van der Waals surface area contributed by atoms with Gasteiger partial charge in [0.15, 0.2) is 0 Å². The lowest BCUT2D eigenvalue weighted by molar-refractivity contribution is 0.0466. The maximum Gasteiger partial charge on any atom is 0.0643 e. The Bertz CT molecular complexity index is 790. The molecular formula is C25H33NO2. The molecule has 0 bridgehead atoms. The summed E-state index contributed by atoms with van der Waals surface area (Å²) in [6, 6.07) is 17.7. The third-order valence-electron chi connectivity index (χ3n) is 7.04. The zero-order valence-electron chi connectivity index (χ0n) is 16.9. The molecule has 1 unspecified atom stereocenters. The van der Waals surface area contributed by atoms with Crippen LogP contribution in [-0.2, 0) is 24.0 Å². The molecule has 2 aliphatic carbocycles. The van der Waals surface area contributed by atoms with Crippen molar-refractivity contribution in [2.45, 2.75) is 62.5 Å². The summed E-state index contributed by atoms with van der Waals surface area (Å²) in [5.74, 6) is 1.06. The number of hydrogen-bond acceptors (Lipinski definition) is 3. The molecule has 0 saturated heterocycles. The van der Waals surface area contributed by atoms with E-state index in [1.807, 2.05) is 7.11 Å². The third-order valence-corrected chi connectivity index (χ3v) is 7.04. The van der Waals surface area contributed by atoms with Crippen molar-refractivity contribution in [3.63, 3.8) is 0 Å². The van der Waals surface area contributed by atoms with Gasteiger partial charge in [0.2, 0.25) is 0 Å². The summed E-state index contributed by atoms with van der Waals surface area (Å²) >= 11 is 0. The number of methoxy groups -OCH3 is 1. The highest BCUT2D eigenvalue weighted by Gasteiger charge is 2.36. The van der Waals surface area contributed by atoms with Crippen LogP contribution in [0.2, 0.25) is 0 Å². The lowest BCUT2D eigenvalue weighted by Crippen LogP contribution is -2.40. The lowest BCUT2D eigenvalue weighted by atomic mass is 9.78. The Morgan fingerprint density at radius 3 is 2.68 bits per heavy atom. The minimum absolute atomic E-state index is 0.0932. The van der Waals surface area contributed by atoms with E-state index >= 15 is 0 Å². The third kappa shape index (κ3) is 4.17. The molecule has 1 fully saturated rings. The molecular weight excluding hydrogens is 346 g/mol. The lowest BCUT2D eigenvalue weighted by Gasteiger charge is -2.31. The molecule has 2 aromatic carbocycles. The van der Waals surface area contributed by atoms with Crippen molar-refractivity contribution in [2.24, 2.45) is 11.7 Å². The zero-order valence-corrected chi connectivity index (χ0v) is 16.9. The molecule has 0 heterocycles. The standard InChI is InChI=1S/C25H33NO2/c1-28-24(13-18-5-3-2-4-6-18)22-10-9-19-14-21(8-7-20(19)15-22)23-11-12-25(26,16-23)17-27/h2-8,14,22-24,27H,9-13,15-17,26H2,1H3/t22-,23+,24?,25-/m0/s1. The first-order valence-electron chi connectivity index (χ1n) is 10.7. The molecule has 4 rings (SSSR count). The Morgan fingerprint density at radius 2 is 1.96 bits per heavy atom. The molecule has 2 aromatic rings. The highest BCUT2D eigenvalue weighted by molar-refractivity contribution is 5.37. The van der Waals surface area contributed by atoms with Gasteiger partial charge in [0.25, 0.3) is 0 Å². The fourth-order valence-corrected chi connectivity index (χ4v) is 5.25. The number of aryl methyl sites for hydroxylation is 1. The Morgan fingerprint density at radius 1 is 1.14 bits per heavy atom. The summed E-state index contributed by atoms with van der Waals surface area (Å²) in [6.45, 7) is 0.0932. The summed E-state index contributed by atoms with van der Waals surface area (Å²) in [7, 11) is 1.85. The van der Waals surface area contributed by atoms with E-state index in [0.29, 0.717) is 11.8 Å². The van der Waals surface area contributed by atoms with E-state index in [-0.39, 0.29) is 18.2 Å². The second-order valence-electron chi connectivity index (χ2n) is 8.96. The van der Waals surface area contributed by atoms with Crippen molar-refractivity contribution in [3.05, 3.63) is 70.8 Å². The normalized spacial score (nSPS) is 28.1. The summed E-state index contributed by atoms with van der Waals surface area (Å²) in [6.07, 6.45) is 7.57. The summed E-state index contributed by atoms with van der Waals surface area (Å²) < 4.78 is 5.91. The van der Waals surface area contributed by atoms with Crippen LogP contribution in [0.4, 0.5) is 0 Å². The molecule has 150 valence electrons. The summed E-state index contributed by atoms with van der Waals surface area (Å²) in [5.41, 5.74) is 11.7. The SMILES string of the molecule is COC(Cc1ccccc1)[C@H]1CCc2cc([C@@H]3CC[C@@](N)(CO)C3)ccc2C1. The number of hydrogen-bond donors (Lipinski definition) is 2. The predicted molar refractivity (Wildman–Crippen MR) is 113 cm³/mol. The highest BCUT2D eigenvalue weighted by atomic mass is 16.5. The average Bonchev–Trinajstić information content (AvgIpc) is 3.15. The number of fused-ring (bicyclic) bond motifs is 1. The van der Waals surface area contributed by atoms with Crippen molar-refractivity contribution < 1.29 is 9.84 Å². The Labute approximate surface area is 168 Å². The molecule has 4 atom stereocenters. The first-order chi connectivity index (χ1) is 13.6. The molecule has 0 amide bonds. The molecule has 0 spiro atoms. The Kier molecular flexibility index (Phi) is 5.86. The van der Waals surface area contributed by atoms with E-state index in [1.165, 1.54) is 28.7 Å². The van der Waals surface area contributed by atoms with E-state index in [9.17, 15) is 5.11 Å². The van der Waals surface area contributed by atoms with E-state index in [0.717, 1.165) is 38.5 Å². The number of aliphatic hydroxyl groups excluding tert-OH is 1. The average molecular weight is 380 g/mol. The smallest absolute Gasteiger partial charge is 0.0643 e. The van der Waals surface area contributed by atoms with Gasteiger partial charge in [0.05, 0.1) is 12.7 Å². The molecule has 3 heteroatoms. The van der Waals surface area contributed by atoms with Crippen LogP contribution in [0.3, 0.4) is 0 Å². The van der Waals surface area contributed by atoms with Crippen LogP contribution in [-0.4, -0.2) is 30.5 Å². The molecule has 3 N–H and O–H groups in total. The molecule has 0 radical (unpaired) electrons. The maximum atomic E-state index is 9.56. The van der Waals surface area contributed by atoms with Gasteiger partial charge in [0, 0.05) is 12.6 Å². The molecule has 2 aliphatic rings. The molecule has 0 aromatic heterocycles. The van der Waals surface area contributed by atoms with Gasteiger partial charge in [-0.2, -0.15) is 0 Å². The fraction of sp³-hybridized carbons (Fsp3) is 0.520. The highest BCUT2D eigenvalue weighted by Crippen LogP contribution is 2.41. The van der Waals surface area contributed by atoms with Crippen LogP contribution >= 0.6 is 0 Å². The van der Waals surface area contributed by atoms with Gasteiger partial charge in [-0.05, 0) is 79.0 Å². The summed E-state index contributed by atoms with van der Waals surface area (Å²) in [5, 5.41) is 9.56. The number of rotatable bonds is 6. The number of nitrogens with two attached hydrogens (primary N) is 1. The first kappa shape index (κ1) is 19.6. The van der Waals surface area contributed by atoms with E-state index in [2.05, 4.69) is 48.5 Å². The fourth-order valence-electron chi connectivity index (χ4n) is 5.25. The topological polar surface area (TPSA) is 55.5 Å². The van der Waals surface area contributed by atoms with Crippen LogP contribution < -0.4 is 5.73 Å². The van der Waals surface area contributed by atoms with E-state index < -0.39 is 0 Å². The summed E-state index contributed by atoms with van der Waals surface area (Å²) in [4.78, 5) is 0. The largest absolute Gasteiger partial charge is 0.394 e. The number of benzene rings is 2. The van der Waals surface area contributed by atoms with Gasteiger partial charge in [-0.1, -0.05) is 48.5 Å². The van der Waals surface area contributed by atoms with Crippen LogP contribution in [0.1, 0.15) is 53.9 Å². The quantitative estimate of drug-likeness (QED) is 0.797. The van der Waals surface area contributed by atoms with Crippen LogP contribution in [0, 0.1) is 5.92 Å². The molecule has 0 aliphatic heterocycles. The van der Waals surface area contributed by atoms with Crippen molar-refractivity contribution >= 4 is 0 Å². The Hall–Kier alpha value is -1.68. The molecule has 1 saturated carbocycles. The van der Waals surface area contributed by atoms with Gasteiger partial charge in [-0.25, -0.2) is 0 Å². The monoisotopic (exact) mass is 379 g/mol. The second-order valence-corrected chi connectivity index (χ2v) is 8.96. The van der Waals surface area contributed by atoms with Crippen molar-refractivity contribution in [1.29, 1.82) is 0 Å². The minimum Gasteiger partial charge on any atom is -0.394 e. The number of aliphatic hydroxyl groups is 1. The van der Waals surface area contributed by atoms with Crippen molar-refractivity contribution in [3.8, 4) is 0 Å². The maximum absolute atomic E-state index is 9.56. The van der Waals surface area contributed by atoms with Crippen molar-refractivity contribution in [1.82, 2.24) is 0 Å². The van der Waals surface area contributed by atoms with Gasteiger partial charge >= 0.3 is 0 Å². The van der Waals surface area contributed by atoms with Crippen LogP contribution in [0.5, 0.6) is 0 Å². The van der Waals surface area contributed by atoms with Gasteiger partial charge < -0.3 is 15.6 Å². The van der Waals surface area contributed by atoms with Gasteiger partial charge in [-0.3, -0.25) is 0 Å². The van der Waals surface area contributed by atoms with E-state index in [1.54, 1.807) is 0 Å². The van der Waals surface area contributed by atoms with Crippen molar-refractivity contribution in [2.75, 3.05) is 13.7 Å². The zero-order chi connectivity index (χ0) is 19.6.